The maximum atomic E-state index is 12.5. The molecule has 132 valence electrons. The lowest BCUT2D eigenvalue weighted by molar-refractivity contribution is 0.102. The predicted octanol–water partition coefficient (Wildman–Crippen LogP) is 1.78. The van der Waals surface area contributed by atoms with Crippen LogP contribution >= 0.6 is 0 Å². The molecule has 9 heteroatoms. The van der Waals surface area contributed by atoms with E-state index >= 15 is 0 Å². The van der Waals surface area contributed by atoms with Gasteiger partial charge in [-0.2, -0.15) is 4.31 Å². The summed E-state index contributed by atoms with van der Waals surface area (Å²) in [6.45, 7) is 1.19. The first-order chi connectivity index (χ1) is 12.0. The number of rotatable bonds is 4. The third-order valence-corrected chi connectivity index (χ3v) is 6.11. The van der Waals surface area contributed by atoms with E-state index in [2.05, 4.69) is 10.3 Å². The highest BCUT2D eigenvalue weighted by molar-refractivity contribution is 7.89. The second-order valence-corrected chi connectivity index (χ2v) is 7.82. The van der Waals surface area contributed by atoms with E-state index in [1.165, 1.54) is 16.6 Å². The van der Waals surface area contributed by atoms with Crippen molar-refractivity contribution in [3.05, 3.63) is 36.2 Å². The van der Waals surface area contributed by atoms with Gasteiger partial charge in [0, 0.05) is 31.0 Å². The normalized spacial score (nSPS) is 17.0. The summed E-state index contributed by atoms with van der Waals surface area (Å²) in [6, 6.07) is 6.41. The maximum absolute atomic E-state index is 12.5. The molecule has 1 aromatic heterocycles. The molecule has 1 saturated heterocycles. The van der Waals surface area contributed by atoms with Gasteiger partial charge in [0.25, 0.3) is 5.91 Å². The van der Waals surface area contributed by atoms with Gasteiger partial charge in [-0.15, -0.1) is 0 Å². The van der Waals surface area contributed by atoms with E-state index < -0.39 is 15.9 Å². The number of nitrogens with one attached hydrogen (secondary N) is 2. The van der Waals surface area contributed by atoms with Gasteiger partial charge in [-0.1, -0.05) is 0 Å². The maximum Gasteiger partial charge on any atom is 0.272 e. The molecule has 8 nitrogen and oxygen atoms in total. The summed E-state index contributed by atoms with van der Waals surface area (Å²) in [5.41, 5.74) is 0.711. The van der Waals surface area contributed by atoms with Gasteiger partial charge < -0.3 is 19.8 Å². The highest BCUT2D eigenvalue weighted by Gasteiger charge is 2.28. The second-order valence-electron chi connectivity index (χ2n) is 5.88. The fraction of sp³-hybridized carbons (Fsp3) is 0.312. The molecule has 0 spiro atoms. The summed E-state index contributed by atoms with van der Waals surface area (Å²) in [5.74, 6) is 0.750. The van der Waals surface area contributed by atoms with Crippen LogP contribution in [-0.2, 0) is 10.0 Å². The minimum Gasteiger partial charge on any atom is -0.454 e. The monoisotopic (exact) mass is 363 g/mol. The van der Waals surface area contributed by atoms with Crippen molar-refractivity contribution < 1.29 is 22.7 Å². The van der Waals surface area contributed by atoms with E-state index in [4.69, 9.17) is 9.47 Å². The molecule has 1 aromatic carbocycles. The first-order valence-corrected chi connectivity index (χ1v) is 9.38. The molecule has 25 heavy (non-hydrogen) atoms. The molecule has 0 aliphatic carbocycles. The molecule has 4 rings (SSSR count). The van der Waals surface area contributed by atoms with E-state index in [9.17, 15) is 13.2 Å². The molecular formula is C16H17N3O5S. The largest absolute Gasteiger partial charge is 0.454 e. The smallest absolute Gasteiger partial charge is 0.272 e. The van der Waals surface area contributed by atoms with Crippen molar-refractivity contribution in [1.82, 2.24) is 9.29 Å². The number of benzene rings is 1. The fourth-order valence-corrected chi connectivity index (χ4v) is 4.42. The third kappa shape index (κ3) is 2.96. The zero-order chi connectivity index (χ0) is 17.4. The summed E-state index contributed by atoms with van der Waals surface area (Å²) >= 11 is 0. The molecule has 1 amide bonds. The Kier molecular flexibility index (Phi) is 3.89. The van der Waals surface area contributed by atoms with Crippen LogP contribution in [0.4, 0.5) is 5.69 Å². The van der Waals surface area contributed by atoms with Gasteiger partial charge in [-0.05, 0) is 31.0 Å². The van der Waals surface area contributed by atoms with Crippen molar-refractivity contribution in [3.63, 3.8) is 0 Å². The minimum absolute atomic E-state index is 0.102. The Hall–Kier alpha value is -2.52. The summed E-state index contributed by atoms with van der Waals surface area (Å²) in [4.78, 5) is 15.2. The van der Waals surface area contributed by atoms with Crippen LogP contribution < -0.4 is 14.8 Å². The minimum atomic E-state index is -3.55. The third-order valence-electron chi connectivity index (χ3n) is 4.23. The standard InChI is InChI=1S/C16H17N3O5S/c20-16(18-11-3-4-14-15(7-11)24-10-23-14)13-8-12(9-17-13)25(21,22)19-5-1-2-6-19/h3-4,7-9,17H,1-2,5-6,10H2,(H,18,20). The van der Waals surface area contributed by atoms with Crippen LogP contribution in [0.5, 0.6) is 11.5 Å². The number of carbonyl (C=O) groups is 1. The number of hydrogen-bond donors (Lipinski definition) is 2. The van der Waals surface area contributed by atoms with Crippen molar-refractivity contribution in [1.29, 1.82) is 0 Å². The van der Waals surface area contributed by atoms with Crippen LogP contribution in [0, 0.1) is 0 Å². The van der Waals surface area contributed by atoms with E-state index in [1.54, 1.807) is 18.2 Å². The quantitative estimate of drug-likeness (QED) is 0.862. The number of sulfonamides is 1. The van der Waals surface area contributed by atoms with Crippen LogP contribution in [0.3, 0.4) is 0 Å². The Balaban J connectivity index is 1.51. The van der Waals surface area contributed by atoms with Gasteiger partial charge in [0.05, 0.1) is 0 Å². The van der Waals surface area contributed by atoms with Crippen LogP contribution in [0.25, 0.3) is 0 Å². The lowest BCUT2D eigenvalue weighted by Crippen LogP contribution is -2.27. The number of aromatic nitrogens is 1. The molecule has 2 aliphatic rings. The number of nitrogens with zero attached hydrogens (tertiary/aromatic N) is 1. The topological polar surface area (TPSA) is 101 Å². The molecular weight excluding hydrogens is 346 g/mol. The number of amides is 1. The first kappa shape index (κ1) is 16.0. The first-order valence-electron chi connectivity index (χ1n) is 7.93. The predicted molar refractivity (Wildman–Crippen MR) is 89.3 cm³/mol. The zero-order valence-electron chi connectivity index (χ0n) is 13.3. The fourth-order valence-electron chi connectivity index (χ4n) is 2.90. The number of aromatic amines is 1. The lowest BCUT2D eigenvalue weighted by atomic mass is 10.2. The highest BCUT2D eigenvalue weighted by Crippen LogP contribution is 2.34. The number of anilines is 1. The van der Waals surface area contributed by atoms with E-state index in [0.717, 1.165) is 12.8 Å². The van der Waals surface area contributed by atoms with Crippen LogP contribution in [0.15, 0.2) is 35.4 Å². The SMILES string of the molecule is O=C(Nc1ccc2c(c1)OCO2)c1cc(S(=O)(=O)N2CCCC2)c[nH]1. The number of ether oxygens (including phenoxy) is 2. The average molecular weight is 363 g/mol. The molecule has 3 heterocycles. The van der Waals surface area contributed by atoms with Gasteiger partial charge in [0.1, 0.15) is 10.6 Å². The second kappa shape index (κ2) is 6.08. The van der Waals surface area contributed by atoms with Crippen molar-refractivity contribution in [2.45, 2.75) is 17.7 Å². The molecule has 2 aromatic rings. The Bertz CT molecular complexity index is 916. The Labute approximate surface area is 144 Å². The van der Waals surface area contributed by atoms with Gasteiger partial charge in [-0.3, -0.25) is 4.79 Å². The average Bonchev–Trinajstić information content (AvgIpc) is 3.34. The highest BCUT2D eigenvalue weighted by atomic mass is 32.2. The summed E-state index contributed by atoms with van der Waals surface area (Å²) < 4.78 is 36.9. The summed E-state index contributed by atoms with van der Waals surface area (Å²) in [7, 11) is -3.55. The molecule has 0 bridgehead atoms. The van der Waals surface area contributed by atoms with Crippen molar-refractivity contribution >= 4 is 21.6 Å². The molecule has 2 N–H and O–H groups in total. The Morgan fingerprint density at radius 3 is 2.68 bits per heavy atom. The number of fused-ring (bicyclic) bond motifs is 1. The van der Waals surface area contributed by atoms with Gasteiger partial charge in [-0.25, -0.2) is 8.42 Å². The van der Waals surface area contributed by atoms with E-state index in [-0.39, 0.29) is 17.4 Å². The molecule has 0 saturated carbocycles. The van der Waals surface area contributed by atoms with Crippen LogP contribution in [-0.4, -0.2) is 43.5 Å². The van der Waals surface area contributed by atoms with Crippen molar-refractivity contribution in [2.24, 2.45) is 0 Å². The van der Waals surface area contributed by atoms with Crippen LogP contribution in [0.1, 0.15) is 23.3 Å². The van der Waals surface area contributed by atoms with E-state index in [0.29, 0.717) is 30.3 Å². The van der Waals surface area contributed by atoms with Crippen molar-refractivity contribution in [2.75, 3.05) is 25.2 Å². The summed E-state index contributed by atoms with van der Waals surface area (Å²) in [6.07, 6.45) is 3.07. The number of carbonyl (C=O) groups excluding carboxylic acids is 1. The van der Waals surface area contributed by atoms with Gasteiger partial charge in [0.15, 0.2) is 11.5 Å². The number of H-pyrrole nitrogens is 1. The van der Waals surface area contributed by atoms with E-state index in [1.807, 2.05) is 0 Å². The van der Waals surface area contributed by atoms with Crippen LogP contribution in [0.2, 0.25) is 0 Å². The lowest BCUT2D eigenvalue weighted by Gasteiger charge is -2.13. The molecule has 1 fully saturated rings. The van der Waals surface area contributed by atoms with Crippen molar-refractivity contribution in [3.8, 4) is 11.5 Å². The van der Waals surface area contributed by atoms with Gasteiger partial charge >= 0.3 is 0 Å². The Morgan fingerprint density at radius 1 is 1.12 bits per heavy atom. The Morgan fingerprint density at radius 2 is 1.88 bits per heavy atom. The zero-order valence-corrected chi connectivity index (χ0v) is 14.1. The summed E-state index contributed by atoms with van der Waals surface area (Å²) in [5, 5.41) is 2.71. The number of hydrogen-bond acceptors (Lipinski definition) is 5. The van der Waals surface area contributed by atoms with Gasteiger partial charge in [0.2, 0.25) is 16.8 Å². The molecule has 0 radical (unpaired) electrons. The molecule has 0 unspecified atom stereocenters. The molecule has 2 aliphatic heterocycles. The molecule has 0 atom stereocenters.